The number of carbonyl (C=O) groups is 6. The van der Waals surface area contributed by atoms with Crippen LogP contribution in [0.1, 0.15) is 40.5 Å². The fraction of sp³-hybridized carbons (Fsp3) is 0.304. The summed E-state index contributed by atoms with van der Waals surface area (Å²) in [5.74, 6) is -5.11. The van der Waals surface area contributed by atoms with E-state index in [1.54, 1.807) is 0 Å². The Hall–Kier alpha value is -4.28. The van der Waals surface area contributed by atoms with Gasteiger partial charge in [0.15, 0.2) is 0 Å². The molecule has 0 saturated carbocycles. The summed E-state index contributed by atoms with van der Waals surface area (Å²) < 4.78 is 23.8. The van der Waals surface area contributed by atoms with E-state index in [1.807, 2.05) is 0 Å². The smallest absolute Gasteiger partial charge is 0.346 e. The van der Waals surface area contributed by atoms with Gasteiger partial charge in [0.2, 0.25) is 0 Å². The number of benzene rings is 1. The maximum Gasteiger partial charge on any atom is 0.346 e. The zero-order valence-electron chi connectivity index (χ0n) is 18.5. The van der Waals surface area contributed by atoms with E-state index in [2.05, 4.69) is 22.6 Å². The molecule has 182 valence electrons. The van der Waals surface area contributed by atoms with Crippen molar-refractivity contribution < 1.29 is 52.5 Å². The molecule has 0 aliphatic carbocycles. The summed E-state index contributed by atoms with van der Waals surface area (Å²) in [6.07, 6.45) is 0.108. The first kappa shape index (κ1) is 27.8. The number of rotatable bonds is 13. The molecule has 0 amide bonds. The monoisotopic (exact) mass is 476 g/mol. The quantitative estimate of drug-likeness (QED) is 0.135. The second kappa shape index (κ2) is 14.7. The van der Waals surface area contributed by atoms with Crippen LogP contribution in [0, 0.1) is 0 Å². The Morgan fingerprint density at radius 2 is 1.29 bits per heavy atom. The lowest BCUT2D eigenvalue weighted by atomic mass is 10.1. The minimum atomic E-state index is -1.12. The van der Waals surface area contributed by atoms with E-state index in [0.717, 1.165) is 6.08 Å². The Morgan fingerprint density at radius 3 is 1.91 bits per heavy atom. The number of esters is 6. The molecule has 0 spiro atoms. The molecular weight excluding hydrogens is 452 g/mol. The van der Waals surface area contributed by atoms with Crippen molar-refractivity contribution in [3.63, 3.8) is 0 Å². The van der Waals surface area contributed by atoms with Crippen LogP contribution < -0.4 is 0 Å². The molecule has 0 N–H and O–H groups in total. The van der Waals surface area contributed by atoms with Gasteiger partial charge in [0.1, 0.15) is 26.4 Å². The largest absolute Gasteiger partial charge is 0.462 e. The second-order valence-electron chi connectivity index (χ2n) is 6.45. The first-order chi connectivity index (χ1) is 16.1. The number of carbonyl (C=O) groups excluding carboxylic acids is 6. The third-order valence-corrected chi connectivity index (χ3v) is 3.76. The lowest BCUT2D eigenvalue weighted by Crippen LogP contribution is -2.19. The summed E-state index contributed by atoms with van der Waals surface area (Å²) in [5, 5.41) is 0. The van der Waals surface area contributed by atoms with Crippen LogP contribution in [0.15, 0.2) is 49.1 Å². The summed E-state index contributed by atoms with van der Waals surface area (Å²) in [4.78, 5) is 70.2. The van der Waals surface area contributed by atoms with Gasteiger partial charge in [0, 0.05) is 11.6 Å². The van der Waals surface area contributed by atoms with Crippen molar-refractivity contribution in [2.45, 2.75) is 19.8 Å². The van der Waals surface area contributed by atoms with Crippen molar-refractivity contribution in [2.75, 3.05) is 26.4 Å². The molecule has 0 heterocycles. The van der Waals surface area contributed by atoms with Crippen molar-refractivity contribution in [1.82, 2.24) is 0 Å². The highest BCUT2D eigenvalue weighted by Gasteiger charge is 2.22. The molecule has 0 aromatic heterocycles. The van der Waals surface area contributed by atoms with Gasteiger partial charge in [-0.3, -0.25) is 9.59 Å². The topological polar surface area (TPSA) is 149 Å². The van der Waals surface area contributed by atoms with Crippen molar-refractivity contribution in [1.29, 1.82) is 0 Å². The van der Waals surface area contributed by atoms with Gasteiger partial charge >= 0.3 is 35.8 Å². The van der Waals surface area contributed by atoms with E-state index >= 15 is 0 Å². The highest BCUT2D eigenvalue weighted by Crippen LogP contribution is 2.13. The van der Waals surface area contributed by atoms with Crippen LogP contribution in [0.5, 0.6) is 0 Å². The fourth-order valence-corrected chi connectivity index (χ4v) is 2.15. The SMILES string of the molecule is C=CC(=O)OCCOC(=O)c1ccccc1C(=O)OC(=O)CCC(=O)OCCOC(=O)C(=C)C. The highest BCUT2D eigenvalue weighted by molar-refractivity contribution is 6.06. The first-order valence-electron chi connectivity index (χ1n) is 9.94. The van der Waals surface area contributed by atoms with Gasteiger partial charge in [-0.05, 0) is 19.1 Å². The van der Waals surface area contributed by atoms with Crippen LogP contribution in [0.4, 0.5) is 0 Å². The molecule has 0 saturated heterocycles. The summed E-state index contributed by atoms with van der Waals surface area (Å²) in [5.41, 5.74) is -0.201. The molecule has 0 fully saturated rings. The average molecular weight is 476 g/mol. The molecule has 0 aliphatic heterocycles. The Bertz CT molecular complexity index is 961. The molecule has 0 radical (unpaired) electrons. The Kier molecular flexibility index (Phi) is 12.0. The molecule has 0 aliphatic rings. The minimum Gasteiger partial charge on any atom is -0.462 e. The van der Waals surface area contributed by atoms with Gasteiger partial charge in [-0.2, -0.15) is 0 Å². The molecule has 1 aromatic rings. The van der Waals surface area contributed by atoms with E-state index < -0.39 is 42.2 Å². The molecule has 1 aromatic carbocycles. The van der Waals surface area contributed by atoms with Gasteiger partial charge in [0.05, 0.1) is 24.0 Å². The van der Waals surface area contributed by atoms with Crippen molar-refractivity contribution in [3.05, 3.63) is 60.2 Å². The van der Waals surface area contributed by atoms with E-state index in [4.69, 9.17) is 14.2 Å². The maximum atomic E-state index is 12.3. The summed E-state index contributed by atoms with van der Waals surface area (Å²) >= 11 is 0. The van der Waals surface area contributed by atoms with Crippen LogP contribution >= 0.6 is 0 Å². The van der Waals surface area contributed by atoms with Gasteiger partial charge in [-0.15, -0.1) is 0 Å². The highest BCUT2D eigenvalue weighted by atomic mass is 16.6. The average Bonchev–Trinajstić information content (AvgIpc) is 2.82. The predicted octanol–water partition coefficient (Wildman–Crippen LogP) is 1.70. The van der Waals surface area contributed by atoms with Gasteiger partial charge in [-0.25, -0.2) is 19.2 Å². The van der Waals surface area contributed by atoms with Crippen molar-refractivity contribution >= 4 is 35.8 Å². The molecule has 0 unspecified atom stereocenters. The van der Waals surface area contributed by atoms with E-state index in [1.165, 1.54) is 31.2 Å². The number of hydrogen-bond acceptors (Lipinski definition) is 11. The molecule has 11 nitrogen and oxygen atoms in total. The maximum absolute atomic E-state index is 12.3. The minimum absolute atomic E-state index is 0.168. The van der Waals surface area contributed by atoms with Crippen LogP contribution in [-0.2, 0) is 42.9 Å². The lowest BCUT2D eigenvalue weighted by Gasteiger charge is -2.09. The standard InChI is InChI=1S/C23H24O11/c1-4-18(24)30-11-14-33-22(28)16-7-5-6-8-17(16)23(29)34-20(26)10-9-19(25)31-12-13-32-21(27)15(2)3/h4-8H,1-2,9-14H2,3H3. The van der Waals surface area contributed by atoms with E-state index in [-0.39, 0.29) is 49.5 Å². The molecule has 11 heteroatoms. The predicted molar refractivity (Wildman–Crippen MR) is 114 cm³/mol. The van der Waals surface area contributed by atoms with Gasteiger partial charge < -0.3 is 23.7 Å². The molecular formula is C23H24O11. The van der Waals surface area contributed by atoms with E-state index in [9.17, 15) is 28.8 Å². The lowest BCUT2D eigenvalue weighted by molar-refractivity contribution is -0.151. The fourth-order valence-electron chi connectivity index (χ4n) is 2.15. The third kappa shape index (κ3) is 10.4. The van der Waals surface area contributed by atoms with Crippen LogP contribution in [-0.4, -0.2) is 62.2 Å². The van der Waals surface area contributed by atoms with Crippen molar-refractivity contribution in [3.8, 4) is 0 Å². The summed E-state index contributed by atoms with van der Waals surface area (Å²) in [7, 11) is 0. The Labute approximate surface area is 195 Å². The Morgan fingerprint density at radius 1 is 0.765 bits per heavy atom. The first-order valence-corrected chi connectivity index (χ1v) is 9.94. The number of ether oxygens (including phenoxy) is 5. The van der Waals surface area contributed by atoms with Gasteiger partial charge in [0.25, 0.3) is 0 Å². The second-order valence-corrected chi connectivity index (χ2v) is 6.45. The Balaban J connectivity index is 2.48. The zero-order chi connectivity index (χ0) is 25.5. The molecule has 0 atom stereocenters. The van der Waals surface area contributed by atoms with Gasteiger partial charge in [-0.1, -0.05) is 25.3 Å². The zero-order valence-corrected chi connectivity index (χ0v) is 18.5. The molecule has 0 bridgehead atoms. The van der Waals surface area contributed by atoms with Crippen LogP contribution in [0.3, 0.4) is 0 Å². The molecule has 1 rings (SSSR count). The van der Waals surface area contributed by atoms with Crippen molar-refractivity contribution in [2.24, 2.45) is 0 Å². The normalized spacial score (nSPS) is 9.79. The van der Waals surface area contributed by atoms with E-state index in [0.29, 0.717) is 0 Å². The summed E-state index contributed by atoms with van der Waals surface area (Å²) in [6.45, 7) is 7.21. The summed E-state index contributed by atoms with van der Waals surface area (Å²) in [6, 6.07) is 5.46. The molecule has 34 heavy (non-hydrogen) atoms. The van der Waals surface area contributed by atoms with Crippen LogP contribution in [0.2, 0.25) is 0 Å². The van der Waals surface area contributed by atoms with Crippen LogP contribution in [0.25, 0.3) is 0 Å². The third-order valence-electron chi connectivity index (χ3n) is 3.76. The number of hydrogen-bond donors (Lipinski definition) is 0.